The number of anilines is 1. The maximum Gasteiger partial charge on any atom is 0.433 e. The standard InChI is InChI=1S/C19H9BrF3N5OS/c20-15-16(18(29)25-11-5-3-10(9-24)4-6-11)27-28-14(19(21,22)23)8-12(26-17(15)28)13-2-1-7-30-13/h1-8H,(H,25,29). The van der Waals surface area contributed by atoms with Crippen LogP contribution in [0.25, 0.3) is 16.2 Å². The summed E-state index contributed by atoms with van der Waals surface area (Å²) in [7, 11) is 0. The number of rotatable bonds is 3. The summed E-state index contributed by atoms with van der Waals surface area (Å²) in [4.78, 5) is 17.5. The molecule has 4 aromatic rings. The second-order valence-electron chi connectivity index (χ2n) is 6.04. The van der Waals surface area contributed by atoms with Crippen LogP contribution < -0.4 is 5.32 Å². The van der Waals surface area contributed by atoms with Gasteiger partial charge in [0.2, 0.25) is 0 Å². The van der Waals surface area contributed by atoms with Gasteiger partial charge in [0.05, 0.1) is 26.7 Å². The lowest BCUT2D eigenvalue weighted by Crippen LogP contribution is -2.15. The van der Waals surface area contributed by atoms with Crippen LogP contribution in [0.3, 0.4) is 0 Å². The molecule has 1 aromatic carbocycles. The number of benzene rings is 1. The Morgan fingerprint density at radius 1 is 1.23 bits per heavy atom. The summed E-state index contributed by atoms with van der Waals surface area (Å²) in [5.74, 6) is -0.720. The molecule has 0 fully saturated rings. The van der Waals surface area contributed by atoms with Crippen molar-refractivity contribution >= 4 is 44.5 Å². The van der Waals surface area contributed by atoms with Gasteiger partial charge in [-0.05, 0) is 57.7 Å². The molecule has 0 aliphatic carbocycles. The first-order valence-electron chi connectivity index (χ1n) is 8.30. The lowest BCUT2D eigenvalue weighted by Gasteiger charge is -2.10. The minimum Gasteiger partial charge on any atom is -0.321 e. The molecule has 0 atom stereocenters. The Morgan fingerprint density at radius 2 is 1.97 bits per heavy atom. The number of carbonyl (C=O) groups is 1. The van der Waals surface area contributed by atoms with Crippen molar-refractivity contribution in [1.29, 1.82) is 5.26 Å². The summed E-state index contributed by atoms with van der Waals surface area (Å²) in [5.41, 5.74) is -0.523. The Hall–Kier alpha value is -3.23. The lowest BCUT2D eigenvalue weighted by molar-refractivity contribution is -0.142. The molecular formula is C19H9BrF3N5OS. The molecule has 150 valence electrons. The van der Waals surface area contributed by atoms with E-state index in [9.17, 15) is 18.0 Å². The third kappa shape index (κ3) is 3.67. The fraction of sp³-hybridized carbons (Fsp3) is 0.0526. The first-order chi connectivity index (χ1) is 14.3. The van der Waals surface area contributed by atoms with Gasteiger partial charge in [-0.25, -0.2) is 9.50 Å². The molecule has 0 radical (unpaired) electrons. The van der Waals surface area contributed by atoms with Gasteiger partial charge in [-0.15, -0.1) is 11.3 Å². The van der Waals surface area contributed by atoms with Gasteiger partial charge in [0.25, 0.3) is 5.91 Å². The summed E-state index contributed by atoms with van der Waals surface area (Å²) in [6, 6.07) is 12.3. The van der Waals surface area contributed by atoms with Crippen molar-refractivity contribution in [2.45, 2.75) is 6.18 Å². The molecule has 3 heterocycles. The maximum atomic E-state index is 13.7. The lowest BCUT2D eigenvalue weighted by atomic mass is 10.2. The van der Waals surface area contributed by atoms with E-state index in [1.54, 1.807) is 17.5 Å². The monoisotopic (exact) mass is 491 g/mol. The van der Waals surface area contributed by atoms with Gasteiger partial charge in [0.1, 0.15) is 0 Å². The van der Waals surface area contributed by atoms with E-state index in [0.717, 1.165) is 6.07 Å². The predicted octanol–water partition coefficient (Wildman–Crippen LogP) is 5.36. The Balaban J connectivity index is 1.80. The zero-order chi connectivity index (χ0) is 21.5. The molecule has 0 saturated carbocycles. The summed E-state index contributed by atoms with van der Waals surface area (Å²) >= 11 is 4.42. The number of hydrogen-bond acceptors (Lipinski definition) is 5. The SMILES string of the molecule is N#Cc1ccc(NC(=O)c2nn3c(C(F)(F)F)cc(-c4cccs4)nc3c2Br)cc1. The van der Waals surface area contributed by atoms with E-state index < -0.39 is 17.8 Å². The molecule has 11 heteroatoms. The number of amides is 1. The maximum absolute atomic E-state index is 13.7. The summed E-state index contributed by atoms with van der Waals surface area (Å²) < 4.78 is 41.7. The van der Waals surface area contributed by atoms with Crippen molar-refractivity contribution in [1.82, 2.24) is 14.6 Å². The van der Waals surface area contributed by atoms with Gasteiger partial charge >= 0.3 is 6.18 Å². The average Bonchev–Trinajstić information content (AvgIpc) is 3.36. The first kappa shape index (κ1) is 20.1. The summed E-state index contributed by atoms with van der Waals surface area (Å²) in [6.07, 6.45) is -4.71. The Labute approximate surface area is 179 Å². The molecule has 0 saturated heterocycles. The number of thiophene rings is 1. The van der Waals surface area contributed by atoms with Crippen LogP contribution in [-0.4, -0.2) is 20.5 Å². The van der Waals surface area contributed by atoms with Crippen molar-refractivity contribution < 1.29 is 18.0 Å². The van der Waals surface area contributed by atoms with E-state index in [1.165, 1.54) is 35.6 Å². The van der Waals surface area contributed by atoms with Crippen molar-refractivity contribution in [2.24, 2.45) is 0 Å². The number of nitriles is 1. The van der Waals surface area contributed by atoms with Crippen molar-refractivity contribution in [3.8, 4) is 16.6 Å². The third-order valence-corrected chi connectivity index (χ3v) is 5.71. The number of aromatic nitrogens is 3. The van der Waals surface area contributed by atoms with Gasteiger partial charge in [-0.1, -0.05) is 6.07 Å². The highest BCUT2D eigenvalue weighted by Gasteiger charge is 2.36. The zero-order valence-electron chi connectivity index (χ0n) is 14.7. The molecule has 3 aromatic heterocycles. The van der Waals surface area contributed by atoms with E-state index in [1.807, 2.05) is 6.07 Å². The van der Waals surface area contributed by atoms with Crippen LogP contribution in [0, 0.1) is 11.3 Å². The molecular weight excluding hydrogens is 483 g/mol. The number of halogens is 4. The van der Waals surface area contributed by atoms with Gasteiger partial charge in [-0.2, -0.15) is 23.5 Å². The molecule has 30 heavy (non-hydrogen) atoms. The van der Waals surface area contributed by atoms with Gasteiger partial charge in [0.15, 0.2) is 17.0 Å². The van der Waals surface area contributed by atoms with Crippen LogP contribution in [0.15, 0.2) is 52.3 Å². The Morgan fingerprint density at radius 3 is 2.57 bits per heavy atom. The van der Waals surface area contributed by atoms with Crippen molar-refractivity contribution in [2.75, 3.05) is 5.32 Å². The molecule has 0 bridgehead atoms. The predicted molar refractivity (Wildman–Crippen MR) is 108 cm³/mol. The highest BCUT2D eigenvalue weighted by atomic mass is 79.9. The molecule has 0 unspecified atom stereocenters. The molecule has 0 aliphatic rings. The molecule has 0 spiro atoms. The normalized spacial score (nSPS) is 11.4. The first-order valence-corrected chi connectivity index (χ1v) is 9.97. The second-order valence-corrected chi connectivity index (χ2v) is 7.78. The smallest absolute Gasteiger partial charge is 0.321 e. The minimum atomic E-state index is -4.71. The van der Waals surface area contributed by atoms with E-state index in [-0.39, 0.29) is 21.5 Å². The number of fused-ring (bicyclic) bond motifs is 1. The zero-order valence-corrected chi connectivity index (χ0v) is 17.1. The van der Waals surface area contributed by atoms with Crippen LogP contribution in [0.2, 0.25) is 0 Å². The minimum absolute atomic E-state index is 0.0394. The van der Waals surface area contributed by atoms with Crippen molar-refractivity contribution in [3.63, 3.8) is 0 Å². The Kier molecular flexibility index (Phi) is 5.05. The number of carbonyl (C=O) groups excluding carboxylic acids is 1. The number of nitrogens with zero attached hydrogens (tertiary/aromatic N) is 4. The van der Waals surface area contributed by atoms with Crippen LogP contribution in [0.1, 0.15) is 21.7 Å². The van der Waals surface area contributed by atoms with E-state index in [2.05, 4.69) is 31.3 Å². The molecule has 0 aliphatic heterocycles. The van der Waals surface area contributed by atoms with Crippen LogP contribution in [0.4, 0.5) is 18.9 Å². The van der Waals surface area contributed by atoms with Gasteiger partial charge in [-0.3, -0.25) is 4.79 Å². The summed E-state index contributed by atoms with van der Waals surface area (Å²) in [5, 5.41) is 17.0. The van der Waals surface area contributed by atoms with Crippen LogP contribution in [-0.2, 0) is 6.18 Å². The van der Waals surface area contributed by atoms with Gasteiger partial charge in [0, 0.05) is 5.69 Å². The molecule has 1 N–H and O–H groups in total. The second kappa shape index (κ2) is 7.55. The fourth-order valence-corrected chi connectivity index (χ4v) is 3.91. The highest BCUT2D eigenvalue weighted by Crippen LogP contribution is 2.35. The largest absolute Gasteiger partial charge is 0.433 e. The summed E-state index contributed by atoms with van der Waals surface area (Å²) in [6.45, 7) is 0. The molecule has 6 nitrogen and oxygen atoms in total. The number of alkyl halides is 3. The topological polar surface area (TPSA) is 83.1 Å². The Bertz CT molecular complexity index is 1290. The third-order valence-electron chi connectivity index (χ3n) is 4.08. The molecule has 1 amide bonds. The van der Waals surface area contributed by atoms with Gasteiger partial charge < -0.3 is 5.32 Å². The van der Waals surface area contributed by atoms with E-state index >= 15 is 0 Å². The number of hydrogen-bond donors (Lipinski definition) is 1. The average molecular weight is 492 g/mol. The number of nitrogens with one attached hydrogen (secondary N) is 1. The quantitative estimate of drug-likeness (QED) is 0.417. The van der Waals surface area contributed by atoms with Crippen LogP contribution >= 0.6 is 27.3 Å². The van der Waals surface area contributed by atoms with E-state index in [4.69, 9.17) is 5.26 Å². The molecule has 4 rings (SSSR count). The van der Waals surface area contributed by atoms with E-state index in [0.29, 0.717) is 20.6 Å². The van der Waals surface area contributed by atoms with Crippen LogP contribution in [0.5, 0.6) is 0 Å². The fourth-order valence-electron chi connectivity index (χ4n) is 2.71. The van der Waals surface area contributed by atoms with Crippen molar-refractivity contribution in [3.05, 3.63) is 69.3 Å². The highest BCUT2D eigenvalue weighted by molar-refractivity contribution is 9.10.